The Hall–Kier alpha value is -1.68. The van der Waals surface area contributed by atoms with Crippen LogP contribution in [0.3, 0.4) is 0 Å². The lowest BCUT2D eigenvalue weighted by Crippen LogP contribution is -2.28. The predicted molar refractivity (Wildman–Crippen MR) is 80.7 cm³/mol. The maximum atomic E-state index is 13.5. The van der Waals surface area contributed by atoms with Gasteiger partial charge in [0, 0.05) is 23.6 Å². The van der Waals surface area contributed by atoms with E-state index in [9.17, 15) is 9.18 Å². The van der Waals surface area contributed by atoms with Crippen LogP contribution in [0.5, 0.6) is 0 Å². The molecule has 0 atom stereocenters. The van der Waals surface area contributed by atoms with Crippen molar-refractivity contribution in [2.75, 3.05) is 7.05 Å². The third-order valence-corrected chi connectivity index (χ3v) is 3.59. The predicted octanol–water partition coefficient (Wildman–Crippen LogP) is 3.79. The van der Waals surface area contributed by atoms with Crippen LogP contribution >= 0.6 is 15.9 Å². The Morgan fingerprint density at radius 2 is 1.80 bits per heavy atom. The van der Waals surface area contributed by atoms with Gasteiger partial charge in [0.15, 0.2) is 0 Å². The SMILES string of the molecule is CN(Cc1ccccc1F)C(=O)Cc1ccc(Br)cc1. The van der Waals surface area contributed by atoms with E-state index in [2.05, 4.69) is 15.9 Å². The molecule has 104 valence electrons. The normalized spacial score (nSPS) is 10.3. The van der Waals surface area contributed by atoms with E-state index in [1.54, 1.807) is 30.1 Å². The Morgan fingerprint density at radius 1 is 1.15 bits per heavy atom. The number of halogens is 2. The number of benzene rings is 2. The van der Waals surface area contributed by atoms with Crippen LogP contribution in [0.2, 0.25) is 0 Å². The molecular formula is C16H15BrFNO. The highest BCUT2D eigenvalue weighted by Crippen LogP contribution is 2.13. The van der Waals surface area contributed by atoms with Crippen molar-refractivity contribution < 1.29 is 9.18 Å². The zero-order valence-electron chi connectivity index (χ0n) is 11.1. The number of likely N-dealkylation sites (N-methyl/N-ethyl adjacent to an activating group) is 1. The minimum atomic E-state index is -0.282. The van der Waals surface area contributed by atoms with Gasteiger partial charge in [0.2, 0.25) is 5.91 Å². The van der Waals surface area contributed by atoms with E-state index >= 15 is 0 Å². The monoisotopic (exact) mass is 335 g/mol. The molecule has 0 saturated carbocycles. The van der Waals surface area contributed by atoms with Crippen LogP contribution in [0.1, 0.15) is 11.1 Å². The largest absolute Gasteiger partial charge is 0.341 e. The summed E-state index contributed by atoms with van der Waals surface area (Å²) in [5.41, 5.74) is 1.47. The van der Waals surface area contributed by atoms with E-state index in [4.69, 9.17) is 0 Å². The maximum absolute atomic E-state index is 13.5. The minimum absolute atomic E-state index is 0.0319. The summed E-state index contributed by atoms with van der Waals surface area (Å²) in [4.78, 5) is 13.6. The van der Waals surface area contributed by atoms with Crippen LogP contribution in [0.25, 0.3) is 0 Å². The second-order valence-electron chi connectivity index (χ2n) is 4.64. The molecule has 0 aliphatic rings. The molecule has 4 heteroatoms. The van der Waals surface area contributed by atoms with Gasteiger partial charge in [0.25, 0.3) is 0 Å². The minimum Gasteiger partial charge on any atom is -0.341 e. The summed E-state index contributed by atoms with van der Waals surface area (Å²) in [6.07, 6.45) is 0.318. The summed E-state index contributed by atoms with van der Waals surface area (Å²) in [7, 11) is 1.69. The van der Waals surface area contributed by atoms with Crippen LogP contribution in [0.4, 0.5) is 4.39 Å². The molecule has 2 aromatic carbocycles. The van der Waals surface area contributed by atoms with Gasteiger partial charge in [-0.05, 0) is 23.8 Å². The third kappa shape index (κ3) is 3.90. The topological polar surface area (TPSA) is 20.3 Å². The van der Waals surface area contributed by atoms with Crippen LogP contribution in [0, 0.1) is 5.82 Å². The average molecular weight is 336 g/mol. The Labute approximate surface area is 126 Å². The van der Waals surface area contributed by atoms with Crippen molar-refractivity contribution in [3.63, 3.8) is 0 Å². The molecule has 0 aliphatic heterocycles. The Balaban J connectivity index is 1.99. The molecular weight excluding hydrogens is 321 g/mol. The van der Waals surface area contributed by atoms with Gasteiger partial charge in [-0.3, -0.25) is 4.79 Å². The average Bonchev–Trinajstić information content (AvgIpc) is 2.44. The molecule has 0 radical (unpaired) electrons. The highest BCUT2D eigenvalue weighted by molar-refractivity contribution is 9.10. The summed E-state index contributed by atoms with van der Waals surface area (Å²) in [6.45, 7) is 0.280. The molecule has 20 heavy (non-hydrogen) atoms. The number of hydrogen-bond donors (Lipinski definition) is 0. The van der Waals surface area contributed by atoms with E-state index in [0.717, 1.165) is 10.0 Å². The number of amides is 1. The zero-order valence-corrected chi connectivity index (χ0v) is 12.7. The molecule has 2 aromatic rings. The Kier molecular flexibility index (Phi) is 4.90. The molecule has 2 rings (SSSR count). The first-order valence-electron chi connectivity index (χ1n) is 6.28. The summed E-state index contributed by atoms with van der Waals surface area (Å²) in [5.74, 6) is -0.314. The third-order valence-electron chi connectivity index (χ3n) is 3.06. The molecule has 0 spiro atoms. The van der Waals surface area contributed by atoms with Crippen LogP contribution in [0.15, 0.2) is 53.0 Å². The number of carbonyl (C=O) groups excluding carboxylic acids is 1. The van der Waals surface area contributed by atoms with E-state index in [1.165, 1.54) is 6.07 Å². The van der Waals surface area contributed by atoms with Gasteiger partial charge in [0.1, 0.15) is 5.82 Å². The van der Waals surface area contributed by atoms with Crippen molar-refractivity contribution in [3.05, 3.63) is 69.9 Å². The lowest BCUT2D eigenvalue weighted by molar-refractivity contribution is -0.129. The van der Waals surface area contributed by atoms with Crippen LogP contribution in [-0.4, -0.2) is 17.9 Å². The van der Waals surface area contributed by atoms with Gasteiger partial charge in [0.05, 0.1) is 6.42 Å². The van der Waals surface area contributed by atoms with E-state index in [-0.39, 0.29) is 18.3 Å². The summed E-state index contributed by atoms with van der Waals surface area (Å²) < 4.78 is 14.5. The van der Waals surface area contributed by atoms with E-state index in [0.29, 0.717) is 12.0 Å². The zero-order chi connectivity index (χ0) is 14.5. The van der Waals surface area contributed by atoms with Crippen molar-refractivity contribution in [3.8, 4) is 0 Å². The molecule has 0 unspecified atom stereocenters. The number of nitrogens with zero attached hydrogens (tertiary/aromatic N) is 1. The van der Waals surface area contributed by atoms with E-state index < -0.39 is 0 Å². The molecule has 0 aromatic heterocycles. The van der Waals surface area contributed by atoms with Crippen molar-refractivity contribution in [2.45, 2.75) is 13.0 Å². The van der Waals surface area contributed by atoms with Crippen LogP contribution in [-0.2, 0) is 17.8 Å². The van der Waals surface area contributed by atoms with Gasteiger partial charge in [-0.25, -0.2) is 4.39 Å². The number of hydrogen-bond acceptors (Lipinski definition) is 1. The molecule has 2 nitrogen and oxygen atoms in total. The summed E-state index contributed by atoms with van der Waals surface area (Å²) in [6, 6.07) is 14.1. The Morgan fingerprint density at radius 3 is 2.45 bits per heavy atom. The lowest BCUT2D eigenvalue weighted by Gasteiger charge is -2.17. The fourth-order valence-electron chi connectivity index (χ4n) is 1.88. The van der Waals surface area contributed by atoms with Crippen molar-refractivity contribution >= 4 is 21.8 Å². The van der Waals surface area contributed by atoms with Crippen molar-refractivity contribution in [1.29, 1.82) is 0 Å². The smallest absolute Gasteiger partial charge is 0.227 e. The van der Waals surface area contributed by atoms with Gasteiger partial charge in [-0.1, -0.05) is 46.3 Å². The molecule has 0 aliphatic carbocycles. The van der Waals surface area contributed by atoms with Gasteiger partial charge < -0.3 is 4.90 Å². The quantitative estimate of drug-likeness (QED) is 0.832. The second kappa shape index (κ2) is 6.66. The first-order chi connectivity index (χ1) is 9.56. The highest BCUT2D eigenvalue weighted by Gasteiger charge is 2.12. The van der Waals surface area contributed by atoms with Gasteiger partial charge in [-0.2, -0.15) is 0 Å². The molecule has 0 saturated heterocycles. The molecule has 0 fully saturated rings. The van der Waals surface area contributed by atoms with Crippen molar-refractivity contribution in [1.82, 2.24) is 4.90 Å². The fraction of sp³-hybridized carbons (Fsp3) is 0.188. The molecule has 1 amide bonds. The standard InChI is InChI=1S/C16H15BrFNO/c1-19(11-13-4-2-3-5-15(13)18)16(20)10-12-6-8-14(17)9-7-12/h2-9H,10-11H2,1H3. The maximum Gasteiger partial charge on any atom is 0.227 e. The van der Waals surface area contributed by atoms with Gasteiger partial charge >= 0.3 is 0 Å². The van der Waals surface area contributed by atoms with Crippen molar-refractivity contribution in [2.24, 2.45) is 0 Å². The summed E-state index contributed by atoms with van der Waals surface area (Å²) in [5, 5.41) is 0. The Bertz CT molecular complexity index is 598. The van der Waals surface area contributed by atoms with E-state index in [1.807, 2.05) is 24.3 Å². The molecule has 0 N–H and O–H groups in total. The second-order valence-corrected chi connectivity index (χ2v) is 5.56. The number of rotatable bonds is 4. The first-order valence-corrected chi connectivity index (χ1v) is 7.07. The fourth-order valence-corrected chi connectivity index (χ4v) is 2.15. The summed E-state index contributed by atoms with van der Waals surface area (Å²) >= 11 is 3.36. The van der Waals surface area contributed by atoms with Crippen LogP contribution < -0.4 is 0 Å². The first kappa shape index (κ1) is 14.7. The lowest BCUT2D eigenvalue weighted by atomic mass is 10.1. The molecule has 0 heterocycles. The van der Waals surface area contributed by atoms with Gasteiger partial charge in [-0.15, -0.1) is 0 Å². The highest BCUT2D eigenvalue weighted by atomic mass is 79.9. The number of carbonyl (C=O) groups is 1. The molecule has 0 bridgehead atoms.